The molecule has 8 heteroatoms. The molecular formula is C28H17FO7. The zero-order valence-electron chi connectivity index (χ0n) is 18.9. The molecule has 3 aromatic carbocycles. The molecule has 0 unspecified atom stereocenters. The average Bonchev–Trinajstić information content (AvgIpc) is 2.89. The first-order valence-corrected chi connectivity index (χ1v) is 11.1. The Morgan fingerprint density at radius 2 is 1.72 bits per heavy atom. The van der Waals surface area contributed by atoms with Crippen LogP contribution in [-0.4, -0.2) is 13.1 Å². The standard InChI is InChI=1S/C28H17FO7/c1-33-14-6-8-22-18(10-14)27(32)20(12-34-22)17-11-24(30)36-23-9-7-16-26(31)19(13-35-28(16)25(17)23)15-4-2-3-5-21(15)29/h2-10,12-13,17H,11H2,1H3/t17-/m0/s1. The highest BCUT2D eigenvalue weighted by Gasteiger charge is 2.34. The number of benzene rings is 3. The first-order valence-electron chi connectivity index (χ1n) is 11.1. The van der Waals surface area contributed by atoms with Crippen LogP contribution in [0.1, 0.15) is 23.5 Å². The van der Waals surface area contributed by atoms with E-state index in [0.29, 0.717) is 16.9 Å². The van der Waals surface area contributed by atoms with Crippen LogP contribution in [0.5, 0.6) is 11.5 Å². The molecule has 1 aliphatic rings. The molecule has 7 nitrogen and oxygen atoms in total. The zero-order chi connectivity index (χ0) is 25.0. The lowest BCUT2D eigenvalue weighted by Gasteiger charge is -2.25. The van der Waals surface area contributed by atoms with Gasteiger partial charge in [-0.05, 0) is 36.4 Å². The van der Waals surface area contributed by atoms with E-state index in [-0.39, 0.29) is 50.6 Å². The van der Waals surface area contributed by atoms with Crippen molar-refractivity contribution in [1.82, 2.24) is 0 Å². The fourth-order valence-electron chi connectivity index (χ4n) is 4.68. The molecule has 36 heavy (non-hydrogen) atoms. The molecule has 178 valence electrons. The van der Waals surface area contributed by atoms with Crippen molar-refractivity contribution in [2.75, 3.05) is 7.11 Å². The minimum atomic E-state index is -0.792. The van der Waals surface area contributed by atoms with Crippen molar-refractivity contribution in [2.45, 2.75) is 12.3 Å². The van der Waals surface area contributed by atoms with Crippen molar-refractivity contribution in [3.05, 3.63) is 105 Å². The number of carbonyl (C=O) groups excluding carboxylic acids is 1. The fourth-order valence-corrected chi connectivity index (χ4v) is 4.68. The van der Waals surface area contributed by atoms with Crippen molar-refractivity contribution in [3.63, 3.8) is 0 Å². The van der Waals surface area contributed by atoms with Crippen LogP contribution >= 0.6 is 0 Å². The summed E-state index contributed by atoms with van der Waals surface area (Å²) < 4.78 is 36.6. The van der Waals surface area contributed by atoms with Crippen LogP contribution in [0.3, 0.4) is 0 Å². The number of hydrogen-bond acceptors (Lipinski definition) is 7. The topological polar surface area (TPSA) is 96.0 Å². The van der Waals surface area contributed by atoms with Gasteiger partial charge in [-0.2, -0.15) is 0 Å². The van der Waals surface area contributed by atoms with Gasteiger partial charge in [0.15, 0.2) is 5.43 Å². The summed E-state index contributed by atoms with van der Waals surface area (Å²) in [5, 5.41) is 0.458. The summed E-state index contributed by atoms with van der Waals surface area (Å²) in [5.74, 6) is -1.23. The van der Waals surface area contributed by atoms with E-state index in [4.69, 9.17) is 18.3 Å². The Balaban J connectivity index is 1.60. The highest BCUT2D eigenvalue weighted by atomic mass is 19.1. The third kappa shape index (κ3) is 3.30. The molecule has 0 amide bonds. The molecule has 0 spiro atoms. The fraction of sp³-hybridized carbons (Fsp3) is 0.107. The van der Waals surface area contributed by atoms with E-state index in [1.807, 2.05) is 0 Å². The molecule has 0 bridgehead atoms. The molecule has 0 saturated carbocycles. The van der Waals surface area contributed by atoms with Gasteiger partial charge in [-0.15, -0.1) is 0 Å². The SMILES string of the molecule is COc1ccc2occ([C@@H]3CC(=O)Oc4ccc5c(=O)c(-c6ccccc6F)coc5c43)c(=O)c2c1. The molecule has 1 atom stereocenters. The van der Waals surface area contributed by atoms with Gasteiger partial charge in [0.2, 0.25) is 5.43 Å². The van der Waals surface area contributed by atoms with E-state index in [2.05, 4.69) is 0 Å². The van der Waals surface area contributed by atoms with Gasteiger partial charge in [-0.3, -0.25) is 14.4 Å². The van der Waals surface area contributed by atoms with Crippen molar-refractivity contribution >= 4 is 27.9 Å². The lowest BCUT2D eigenvalue weighted by atomic mass is 9.85. The molecular weight excluding hydrogens is 467 g/mol. The molecule has 6 rings (SSSR count). The second-order valence-corrected chi connectivity index (χ2v) is 8.43. The van der Waals surface area contributed by atoms with Crippen LogP contribution in [0.25, 0.3) is 33.1 Å². The van der Waals surface area contributed by atoms with Crippen molar-refractivity contribution in [2.24, 2.45) is 0 Å². The number of ether oxygens (including phenoxy) is 2. The average molecular weight is 484 g/mol. The number of methoxy groups -OCH3 is 1. The van der Waals surface area contributed by atoms with E-state index in [0.717, 1.165) is 0 Å². The highest BCUT2D eigenvalue weighted by Crippen LogP contribution is 2.42. The summed E-state index contributed by atoms with van der Waals surface area (Å²) in [6, 6.07) is 13.7. The van der Waals surface area contributed by atoms with Crippen LogP contribution in [0, 0.1) is 5.82 Å². The number of esters is 1. The van der Waals surface area contributed by atoms with E-state index < -0.39 is 23.1 Å². The molecule has 0 fully saturated rings. The maximum Gasteiger partial charge on any atom is 0.312 e. The van der Waals surface area contributed by atoms with Crippen LogP contribution in [-0.2, 0) is 4.79 Å². The number of halogens is 1. The Labute approximate surface area is 202 Å². The predicted molar refractivity (Wildman–Crippen MR) is 129 cm³/mol. The van der Waals surface area contributed by atoms with E-state index >= 15 is 0 Å². The van der Waals surface area contributed by atoms with Crippen LogP contribution in [0.4, 0.5) is 4.39 Å². The minimum Gasteiger partial charge on any atom is -0.497 e. The Morgan fingerprint density at radius 1 is 0.889 bits per heavy atom. The van der Waals surface area contributed by atoms with Gasteiger partial charge in [0.05, 0.1) is 36.1 Å². The van der Waals surface area contributed by atoms with E-state index in [1.54, 1.807) is 24.3 Å². The van der Waals surface area contributed by atoms with Gasteiger partial charge in [-0.25, -0.2) is 4.39 Å². The Bertz CT molecular complexity index is 1820. The van der Waals surface area contributed by atoms with E-state index in [9.17, 15) is 18.8 Å². The number of rotatable bonds is 3. The molecule has 3 heterocycles. The van der Waals surface area contributed by atoms with Crippen molar-refractivity contribution < 1.29 is 27.5 Å². The van der Waals surface area contributed by atoms with Crippen molar-refractivity contribution in [3.8, 4) is 22.6 Å². The van der Waals surface area contributed by atoms with E-state index in [1.165, 1.54) is 50.0 Å². The number of hydrogen-bond donors (Lipinski definition) is 0. The Hall–Kier alpha value is -4.72. The van der Waals surface area contributed by atoms with Crippen LogP contribution in [0.2, 0.25) is 0 Å². The summed E-state index contributed by atoms with van der Waals surface area (Å²) in [4.78, 5) is 39.3. The largest absolute Gasteiger partial charge is 0.497 e. The van der Waals surface area contributed by atoms with Gasteiger partial charge in [-0.1, -0.05) is 18.2 Å². The first-order chi connectivity index (χ1) is 17.5. The molecule has 0 saturated heterocycles. The second-order valence-electron chi connectivity index (χ2n) is 8.43. The van der Waals surface area contributed by atoms with Gasteiger partial charge in [0.25, 0.3) is 0 Å². The van der Waals surface area contributed by atoms with Crippen LogP contribution < -0.4 is 20.3 Å². The molecule has 0 aliphatic carbocycles. The zero-order valence-corrected chi connectivity index (χ0v) is 18.9. The predicted octanol–water partition coefficient (Wildman–Crippen LogP) is 5.16. The summed E-state index contributed by atoms with van der Waals surface area (Å²) in [7, 11) is 1.49. The molecule has 0 radical (unpaired) electrons. The summed E-state index contributed by atoms with van der Waals surface area (Å²) in [5.41, 5.74) is 0.474. The first kappa shape index (κ1) is 21.8. The molecule has 1 aliphatic heterocycles. The minimum absolute atomic E-state index is 0.0576. The lowest BCUT2D eigenvalue weighted by molar-refractivity contribution is -0.135. The number of carbonyl (C=O) groups is 1. The number of fused-ring (bicyclic) bond motifs is 4. The van der Waals surface area contributed by atoms with Gasteiger partial charge in [0.1, 0.15) is 34.7 Å². The second kappa shape index (κ2) is 8.20. The molecule has 2 aromatic heterocycles. The lowest BCUT2D eigenvalue weighted by Crippen LogP contribution is -2.25. The van der Waals surface area contributed by atoms with Gasteiger partial charge in [0, 0.05) is 22.6 Å². The highest BCUT2D eigenvalue weighted by molar-refractivity contribution is 5.90. The Morgan fingerprint density at radius 3 is 2.53 bits per heavy atom. The summed E-state index contributed by atoms with van der Waals surface area (Å²) in [6.45, 7) is 0. The maximum absolute atomic E-state index is 14.4. The molecule has 5 aromatic rings. The maximum atomic E-state index is 14.4. The quantitative estimate of drug-likeness (QED) is 0.258. The summed E-state index contributed by atoms with van der Waals surface area (Å²) in [6.07, 6.45) is 2.34. The van der Waals surface area contributed by atoms with Crippen LogP contribution in [0.15, 0.2) is 85.5 Å². The smallest absolute Gasteiger partial charge is 0.312 e. The third-order valence-electron chi connectivity index (χ3n) is 6.43. The Kier molecular flexibility index (Phi) is 4.96. The third-order valence-corrected chi connectivity index (χ3v) is 6.43. The van der Waals surface area contributed by atoms with Gasteiger partial charge >= 0.3 is 5.97 Å². The summed E-state index contributed by atoms with van der Waals surface area (Å²) >= 11 is 0. The van der Waals surface area contributed by atoms with Crippen molar-refractivity contribution in [1.29, 1.82) is 0 Å². The normalized spacial score (nSPS) is 15.1. The van der Waals surface area contributed by atoms with Gasteiger partial charge < -0.3 is 18.3 Å². The molecule has 0 N–H and O–H groups in total. The monoisotopic (exact) mass is 484 g/mol.